The zero-order valence-corrected chi connectivity index (χ0v) is 14.6. The molecule has 0 saturated heterocycles. The fourth-order valence-electron chi connectivity index (χ4n) is 2.68. The molecule has 0 unspecified atom stereocenters. The number of quaternary nitrogens is 1. The van der Waals surface area contributed by atoms with Crippen molar-refractivity contribution >= 4 is 0 Å². The Balaban J connectivity index is 2.99. The van der Waals surface area contributed by atoms with Gasteiger partial charge in [0.05, 0.1) is 27.7 Å². The molecule has 2 nitrogen and oxygen atoms in total. The molecule has 0 atom stereocenters. The fraction of sp³-hybridized carbons (Fsp3) is 1.00. The van der Waals surface area contributed by atoms with Crippen LogP contribution in [0, 0.1) is 0 Å². The van der Waals surface area contributed by atoms with Gasteiger partial charge in [0.25, 0.3) is 0 Å². The van der Waals surface area contributed by atoms with Gasteiger partial charge in [-0.2, -0.15) is 0 Å². The lowest BCUT2D eigenvalue weighted by atomic mass is 10.0. The smallest absolute Gasteiger partial charge is 0.0780 e. The first-order valence-electron chi connectivity index (χ1n) is 9.07. The Morgan fingerprint density at radius 1 is 0.500 bits per heavy atom. The van der Waals surface area contributed by atoms with Crippen LogP contribution in [0.4, 0.5) is 0 Å². The molecular formula is C18H41N2+. The highest BCUT2D eigenvalue weighted by molar-refractivity contribution is 4.49. The van der Waals surface area contributed by atoms with Gasteiger partial charge in [-0.05, 0) is 25.8 Å². The Bertz CT molecular complexity index is 184. The molecule has 0 heterocycles. The van der Waals surface area contributed by atoms with E-state index in [-0.39, 0.29) is 0 Å². The quantitative estimate of drug-likeness (QED) is 0.342. The minimum atomic E-state index is 0.870. The summed E-state index contributed by atoms with van der Waals surface area (Å²) in [6.07, 6.45) is 18.3. The molecule has 20 heavy (non-hydrogen) atoms. The predicted molar refractivity (Wildman–Crippen MR) is 92.0 cm³/mol. The molecule has 0 aromatic rings. The average molecular weight is 286 g/mol. The number of hydrogen-bond donors (Lipinski definition) is 1. The van der Waals surface area contributed by atoms with E-state index in [9.17, 15) is 0 Å². The van der Waals surface area contributed by atoms with Crippen molar-refractivity contribution in [1.82, 2.24) is 0 Å². The van der Waals surface area contributed by atoms with Gasteiger partial charge in [-0.15, -0.1) is 0 Å². The lowest BCUT2D eigenvalue weighted by Gasteiger charge is -2.23. The molecule has 0 fully saturated rings. The van der Waals surface area contributed by atoms with Gasteiger partial charge in [0.15, 0.2) is 0 Å². The largest absolute Gasteiger partial charge is 0.331 e. The normalized spacial score (nSPS) is 12.0. The predicted octanol–water partition coefficient (Wildman–Crippen LogP) is 4.72. The third-order valence-corrected chi connectivity index (χ3v) is 4.03. The number of unbranched alkanes of at least 4 members (excludes halogenated alkanes) is 12. The molecule has 0 spiro atoms. The van der Waals surface area contributed by atoms with E-state index in [1.807, 2.05) is 0 Å². The van der Waals surface area contributed by atoms with E-state index in [4.69, 9.17) is 5.73 Å². The minimum Gasteiger partial charge on any atom is -0.331 e. The van der Waals surface area contributed by atoms with Crippen LogP contribution in [0.1, 0.15) is 83.5 Å². The molecular weight excluding hydrogens is 244 g/mol. The number of rotatable bonds is 15. The summed E-state index contributed by atoms with van der Waals surface area (Å²) in [6, 6.07) is 0. The van der Waals surface area contributed by atoms with Crippen LogP contribution in [0.25, 0.3) is 0 Å². The number of nitrogens with zero attached hydrogens (tertiary/aromatic N) is 1. The monoisotopic (exact) mass is 285 g/mol. The fourth-order valence-corrected chi connectivity index (χ4v) is 2.68. The Hall–Kier alpha value is -0.0800. The highest BCUT2D eigenvalue weighted by Gasteiger charge is 2.04. The maximum Gasteiger partial charge on any atom is 0.0780 e. The van der Waals surface area contributed by atoms with Crippen LogP contribution in [0.15, 0.2) is 0 Å². The molecule has 0 aliphatic carbocycles. The second-order valence-corrected chi connectivity index (χ2v) is 7.40. The Labute approximate surface area is 128 Å². The second-order valence-electron chi connectivity index (χ2n) is 7.40. The lowest BCUT2D eigenvalue weighted by molar-refractivity contribution is -0.870. The minimum absolute atomic E-state index is 0.870. The van der Waals surface area contributed by atoms with Gasteiger partial charge in [-0.25, -0.2) is 0 Å². The number of nitrogens with two attached hydrogens (primary N) is 1. The van der Waals surface area contributed by atoms with E-state index in [1.165, 1.54) is 90.0 Å². The summed E-state index contributed by atoms with van der Waals surface area (Å²) in [5.74, 6) is 0. The van der Waals surface area contributed by atoms with Crippen LogP contribution in [-0.2, 0) is 0 Å². The molecule has 0 bridgehead atoms. The van der Waals surface area contributed by atoms with Gasteiger partial charge in [-0.3, -0.25) is 0 Å². The lowest BCUT2D eigenvalue weighted by Crippen LogP contribution is -2.35. The van der Waals surface area contributed by atoms with Crippen molar-refractivity contribution in [3.05, 3.63) is 0 Å². The summed E-state index contributed by atoms with van der Waals surface area (Å²) in [6.45, 7) is 2.19. The molecule has 122 valence electrons. The second kappa shape index (κ2) is 13.9. The number of hydrogen-bond acceptors (Lipinski definition) is 1. The van der Waals surface area contributed by atoms with E-state index in [1.54, 1.807) is 0 Å². The summed E-state index contributed by atoms with van der Waals surface area (Å²) in [5, 5.41) is 0. The summed E-state index contributed by atoms with van der Waals surface area (Å²) >= 11 is 0. The zero-order valence-electron chi connectivity index (χ0n) is 14.6. The van der Waals surface area contributed by atoms with Crippen LogP contribution < -0.4 is 5.73 Å². The highest BCUT2D eigenvalue weighted by Crippen LogP contribution is 2.12. The molecule has 0 aromatic carbocycles. The molecule has 0 rings (SSSR count). The molecule has 2 heteroatoms. The molecule has 0 aliphatic rings. The van der Waals surface area contributed by atoms with Gasteiger partial charge in [0, 0.05) is 0 Å². The van der Waals surface area contributed by atoms with Crippen LogP contribution >= 0.6 is 0 Å². The third kappa shape index (κ3) is 17.9. The maximum absolute atomic E-state index is 5.49. The van der Waals surface area contributed by atoms with Crippen molar-refractivity contribution in [2.24, 2.45) is 5.73 Å². The molecule has 0 amide bonds. The third-order valence-electron chi connectivity index (χ3n) is 4.03. The first-order chi connectivity index (χ1) is 9.56. The van der Waals surface area contributed by atoms with E-state index >= 15 is 0 Å². The standard InChI is InChI=1S/C18H41N2/c1-20(2,3)18-16-14-12-10-8-6-4-5-7-9-11-13-15-17-19/h4-19H2,1-3H3/q+1. The van der Waals surface area contributed by atoms with Gasteiger partial charge < -0.3 is 10.2 Å². The van der Waals surface area contributed by atoms with Crippen LogP contribution in [0.3, 0.4) is 0 Å². The highest BCUT2D eigenvalue weighted by atomic mass is 15.3. The van der Waals surface area contributed by atoms with Crippen molar-refractivity contribution in [3.8, 4) is 0 Å². The average Bonchev–Trinajstić information content (AvgIpc) is 2.38. The van der Waals surface area contributed by atoms with Gasteiger partial charge in [-0.1, -0.05) is 64.2 Å². The Morgan fingerprint density at radius 3 is 1.10 bits per heavy atom. The summed E-state index contributed by atoms with van der Waals surface area (Å²) in [7, 11) is 6.86. The van der Waals surface area contributed by atoms with E-state index in [0.29, 0.717) is 0 Å². The first-order valence-corrected chi connectivity index (χ1v) is 9.07. The van der Waals surface area contributed by atoms with Crippen molar-refractivity contribution in [3.63, 3.8) is 0 Å². The maximum atomic E-state index is 5.49. The topological polar surface area (TPSA) is 26.0 Å². The van der Waals surface area contributed by atoms with Crippen molar-refractivity contribution in [2.45, 2.75) is 83.5 Å². The zero-order chi connectivity index (χ0) is 15.1. The van der Waals surface area contributed by atoms with E-state index in [0.717, 1.165) is 11.0 Å². The first kappa shape index (κ1) is 19.9. The van der Waals surface area contributed by atoms with Gasteiger partial charge in [0.2, 0.25) is 0 Å². The van der Waals surface area contributed by atoms with Gasteiger partial charge >= 0.3 is 0 Å². The molecule has 0 aromatic heterocycles. The van der Waals surface area contributed by atoms with Crippen molar-refractivity contribution in [2.75, 3.05) is 34.2 Å². The van der Waals surface area contributed by atoms with Crippen LogP contribution in [0.2, 0.25) is 0 Å². The SMILES string of the molecule is C[N+](C)(C)CCCCCCCCCCCCCCCN. The van der Waals surface area contributed by atoms with E-state index < -0.39 is 0 Å². The molecule has 0 radical (unpaired) electrons. The van der Waals surface area contributed by atoms with Crippen molar-refractivity contribution < 1.29 is 4.48 Å². The van der Waals surface area contributed by atoms with Gasteiger partial charge in [0.1, 0.15) is 0 Å². The summed E-state index contributed by atoms with van der Waals surface area (Å²) in [4.78, 5) is 0. The molecule has 0 aliphatic heterocycles. The summed E-state index contributed by atoms with van der Waals surface area (Å²) < 4.78 is 1.12. The van der Waals surface area contributed by atoms with Crippen LogP contribution in [0.5, 0.6) is 0 Å². The van der Waals surface area contributed by atoms with Crippen molar-refractivity contribution in [1.29, 1.82) is 0 Å². The molecule has 2 N–H and O–H groups in total. The van der Waals surface area contributed by atoms with Crippen LogP contribution in [-0.4, -0.2) is 38.7 Å². The Morgan fingerprint density at radius 2 is 0.800 bits per heavy atom. The van der Waals surface area contributed by atoms with E-state index in [2.05, 4.69) is 21.1 Å². The molecule has 0 saturated carbocycles. The Kier molecular flexibility index (Phi) is 13.8. The summed E-state index contributed by atoms with van der Waals surface area (Å²) in [5.41, 5.74) is 5.49.